The van der Waals surface area contributed by atoms with E-state index >= 15 is 0 Å². The van der Waals surface area contributed by atoms with Gasteiger partial charge in [-0.25, -0.2) is 0 Å². The van der Waals surface area contributed by atoms with Crippen molar-refractivity contribution in [2.45, 2.75) is 24.8 Å². The Morgan fingerprint density at radius 2 is 1.60 bits per heavy atom. The van der Waals surface area contributed by atoms with E-state index in [-0.39, 0.29) is 11.3 Å². The standard InChI is InChI=1S/C20H23NO4/c1-23-16-11-14(12-17(24-2)18(16)25-3)13-21-19(22)20(9-10-20)15-7-5-4-6-8-15/h4-8,11-12H,9-10,13H2,1-3H3,(H,21,22). The number of amides is 1. The third-order valence-corrected chi connectivity index (χ3v) is 4.69. The van der Waals surface area contributed by atoms with Crippen molar-refractivity contribution in [1.82, 2.24) is 5.32 Å². The van der Waals surface area contributed by atoms with E-state index in [0.29, 0.717) is 23.8 Å². The van der Waals surface area contributed by atoms with Gasteiger partial charge < -0.3 is 19.5 Å². The Bertz CT molecular complexity index is 729. The normalized spacial score (nSPS) is 14.5. The van der Waals surface area contributed by atoms with Crippen LogP contribution in [0.15, 0.2) is 42.5 Å². The zero-order chi connectivity index (χ0) is 17.9. The summed E-state index contributed by atoms with van der Waals surface area (Å²) >= 11 is 0. The quantitative estimate of drug-likeness (QED) is 0.841. The molecule has 25 heavy (non-hydrogen) atoms. The minimum absolute atomic E-state index is 0.0625. The van der Waals surface area contributed by atoms with Crippen molar-refractivity contribution in [1.29, 1.82) is 0 Å². The van der Waals surface area contributed by atoms with E-state index in [1.165, 1.54) is 0 Å². The SMILES string of the molecule is COc1cc(CNC(=O)C2(c3ccccc3)CC2)cc(OC)c1OC. The lowest BCUT2D eigenvalue weighted by Gasteiger charge is -2.17. The molecule has 2 aromatic rings. The Hall–Kier alpha value is -2.69. The number of hydrogen-bond donors (Lipinski definition) is 1. The van der Waals surface area contributed by atoms with Crippen LogP contribution >= 0.6 is 0 Å². The van der Waals surface area contributed by atoms with Crippen LogP contribution in [0.2, 0.25) is 0 Å². The summed E-state index contributed by atoms with van der Waals surface area (Å²) in [7, 11) is 4.72. The van der Waals surface area contributed by atoms with E-state index in [1.807, 2.05) is 42.5 Å². The number of ether oxygens (including phenoxy) is 3. The van der Waals surface area contributed by atoms with Gasteiger partial charge in [0.2, 0.25) is 11.7 Å². The van der Waals surface area contributed by atoms with E-state index in [0.717, 1.165) is 24.0 Å². The predicted octanol–water partition coefficient (Wildman–Crippen LogP) is 3.06. The molecule has 1 N–H and O–H groups in total. The predicted molar refractivity (Wildman–Crippen MR) is 95.3 cm³/mol. The third kappa shape index (κ3) is 3.27. The molecule has 5 heteroatoms. The van der Waals surface area contributed by atoms with Crippen LogP contribution in [0.3, 0.4) is 0 Å². The van der Waals surface area contributed by atoms with Gasteiger partial charge in [0.25, 0.3) is 0 Å². The van der Waals surface area contributed by atoms with Crippen molar-refractivity contribution < 1.29 is 19.0 Å². The summed E-state index contributed by atoms with van der Waals surface area (Å²) in [6, 6.07) is 13.7. The van der Waals surface area contributed by atoms with E-state index < -0.39 is 0 Å². The van der Waals surface area contributed by atoms with Crippen LogP contribution in [0.25, 0.3) is 0 Å². The van der Waals surface area contributed by atoms with Gasteiger partial charge in [-0.3, -0.25) is 4.79 Å². The second-order valence-corrected chi connectivity index (χ2v) is 6.16. The summed E-state index contributed by atoms with van der Waals surface area (Å²) in [5, 5.41) is 3.05. The first-order valence-corrected chi connectivity index (χ1v) is 8.27. The van der Waals surface area contributed by atoms with Gasteiger partial charge in [-0.2, -0.15) is 0 Å². The fraction of sp³-hybridized carbons (Fsp3) is 0.350. The molecule has 132 valence electrons. The number of carbonyl (C=O) groups excluding carboxylic acids is 1. The van der Waals surface area contributed by atoms with Gasteiger partial charge in [0.05, 0.1) is 26.7 Å². The van der Waals surface area contributed by atoms with Gasteiger partial charge in [0.1, 0.15) is 0 Å². The molecule has 0 saturated heterocycles. The smallest absolute Gasteiger partial charge is 0.230 e. The summed E-state index contributed by atoms with van der Waals surface area (Å²) in [6.45, 7) is 0.407. The highest BCUT2D eigenvalue weighted by Crippen LogP contribution is 2.48. The first-order chi connectivity index (χ1) is 12.1. The van der Waals surface area contributed by atoms with Crippen LogP contribution in [0.4, 0.5) is 0 Å². The Kier molecular flexibility index (Phi) is 4.83. The monoisotopic (exact) mass is 341 g/mol. The molecule has 2 aromatic carbocycles. The first kappa shape index (κ1) is 17.1. The fourth-order valence-electron chi connectivity index (χ4n) is 3.12. The Morgan fingerprint density at radius 1 is 1.00 bits per heavy atom. The molecule has 5 nitrogen and oxygen atoms in total. The number of benzene rings is 2. The molecule has 0 atom stereocenters. The van der Waals surface area contributed by atoms with Gasteiger partial charge in [0, 0.05) is 6.54 Å². The zero-order valence-corrected chi connectivity index (χ0v) is 14.8. The molecule has 1 aliphatic carbocycles. The summed E-state index contributed by atoms with van der Waals surface area (Å²) < 4.78 is 16.0. The largest absolute Gasteiger partial charge is 0.493 e. The molecule has 0 bridgehead atoms. The average molecular weight is 341 g/mol. The summed E-state index contributed by atoms with van der Waals surface area (Å²) in [5.74, 6) is 1.76. The lowest BCUT2D eigenvalue weighted by atomic mass is 9.95. The molecule has 1 saturated carbocycles. The third-order valence-electron chi connectivity index (χ3n) is 4.69. The van der Waals surface area contributed by atoms with Crippen LogP contribution in [-0.4, -0.2) is 27.2 Å². The summed E-state index contributed by atoms with van der Waals surface area (Å²) in [4.78, 5) is 12.7. The number of nitrogens with one attached hydrogen (secondary N) is 1. The van der Waals surface area contributed by atoms with Crippen molar-refractivity contribution in [3.8, 4) is 17.2 Å². The highest BCUT2D eigenvalue weighted by molar-refractivity contribution is 5.91. The highest BCUT2D eigenvalue weighted by atomic mass is 16.5. The van der Waals surface area contributed by atoms with Crippen LogP contribution < -0.4 is 19.5 Å². The number of hydrogen-bond acceptors (Lipinski definition) is 4. The minimum atomic E-state index is -0.373. The molecule has 1 fully saturated rings. The second kappa shape index (κ2) is 7.05. The summed E-state index contributed by atoms with van der Waals surface area (Å²) in [6.07, 6.45) is 1.77. The molecule has 0 unspecified atom stereocenters. The molecule has 0 aliphatic heterocycles. The van der Waals surface area contributed by atoms with Crippen molar-refractivity contribution in [3.63, 3.8) is 0 Å². The van der Waals surface area contributed by atoms with Crippen molar-refractivity contribution in [3.05, 3.63) is 53.6 Å². The van der Waals surface area contributed by atoms with E-state index in [2.05, 4.69) is 5.32 Å². The molecule has 0 heterocycles. The van der Waals surface area contributed by atoms with Crippen LogP contribution in [0, 0.1) is 0 Å². The number of methoxy groups -OCH3 is 3. The maximum Gasteiger partial charge on any atom is 0.230 e. The molecular formula is C20H23NO4. The highest BCUT2D eigenvalue weighted by Gasteiger charge is 2.50. The molecule has 1 amide bonds. The fourth-order valence-corrected chi connectivity index (χ4v) is 3.12. The van der Waals surface area contributed by atoms with Crippen molar-refractivity contribution in [2.24, 2.45) is 0 Å². The minimum Gasteiger partial charge on any atom is -0.493 e. The van der Waals surface area contributed by atoms with Gasteiger partial charge in [0.15, 0.2) is 11.5 Å². The van der Waals surface area contributed by atoms with Crippen LogP contribution in [0.5, 0.6) is 17.2 Å². The first-order valence-electron chi connectivity index (χ1n) is 8.27. The van der Waals surface area contributed by atoms with E-state index in [4.69, 9.17) is 14.2 Å². The second-order valence-electron chi connectivity index (χ2n) is 6.16. The Balaban J connectivity index is 1.75. The average Bonchev–Trinajstić information content (AvgIpc) is 3.47. The maximum atomic E-state index is 12.7. The molecule has 0 aromatic heterocycles. The lowest BCUT2D eigenvalue weighted by Crippen LogP contribution is -2.34. The van der Waals surface area contributed by atoms with Gasteiger partial charge in [-0.05, 0) is 36.1 Å². The summed E-state index contributed by atoms with van der Waals surface area (Å²) in [5.41, 5.74) is 1.60. The Morgan fingerprint density at radius 3 is 2.08 bits per heavy atom. The zero-order valence-electron chi connectivity index (χ0n) is 14.8. The number of carbonyl (C=O) groups is 1. The Labute approximate surface area is 147 Å². The molecule has 1 aliphatic rings. The van der Waals surface area contributed by atoms with Gasteiger partial charge in [-0.1, -0.05) is 30.3 Å². The topological polar surface area (TPSA) is 56.8 Å². The van der Waals surface area contributed by atoms with Crippen molar-refractivity contribution >= 4 is 5.91 Å². The molecule has 3 rings (SSSR count). The van der Waals surface area contributed by atoms with Gasteiger partial charge in [-0.15, -0.1) is 0 Å². The van der Waals surface area contributed by atoms with Gasteiger partial charge >= 0.3 is 0 Å². The van der Waals surface area contributed by atoms with Crippen LogP contribution in [0.1, 0.15) is 24.0 Å². The number of rotatable bonds is 7. The van der Waals surface area contributed by atoms with Crippen molar-refractivity contribution in [2.75, 3.05) is 21.3 Å². The maximum absolute atomic E-state index is 12.7. The molecular weight excluding hydrogens is 318 g/mol. The van der Waals surface area contributed by atoms with E-state index in [9.17, 15) is 4.79 Å². The lowest BCUT2D eigenvalue weighted by molar-refractivity contribution is -0.123. The van der Waals surface area contributed by atoms with E-state index in [1.54, 1.807) is 21.3 Å². The molecule has 0 spiro atoms. The molecule has 0 radical (unpaired) electrons. The van der Waals surface area contributed by atoms with Crippen LogP contribution in [-0.2, 0) is 16.8 Å².